The fraction of sp³-hybridized carbons (Fsp3) is 0.583. The molecule has 1 unspecified atom stereocenters. The van der Waals surface area contributed by atoms with Gasteiger partial charge in [0.1, 0.15) is 0 Å². The first-order valence-electron chi connectivity index (χ1n) is 5.76. The number of amides is 1. The van der Waals surface area contributed by atoms with Crippen molar-refractivity contribution >= 4 is 17.4 Å². The molecule has 1 amide bonds. The van der Waals surface area contributed by atoms with Gasteiger partial charge in [-0.1, -0.05) is 20.8 Å². The van der Waals surface area contributed by atoms with Crippen molar-refractivity contribution in [3.63, 3.8) is 0 Å². The van der Waals surface area contributed by atoms with Gasteiger partial charge in [0.25, 0.3) is 0 Å². The minimum atomic E-state index is -0.213. The smallest absolute Gasteiger partial charge is 0.234 e. The molecule has 1 aromatic rings. The summed E-state index contributed by atoms with van der Waals surface area (Å²) in [6.45, 7) is 9.92. The van der Waals surface area contributed by atoms with E-state index in [1.54, 1.807) is 0 Å². The number of anilines is 1. The average Bonchev–Trinajstić information content (AvgIpc) is 2.56. The summed E-state index contributed by atoms with van der Waals surface area (Å²) in [5, 5.41) is 11.6. The van der Waals surface area contributed by atoms with Gasteiger partial charge in [0.15, 0.2) is 5.82 Å². The third kappa shape index (κ3) is 2.09. The maximum atomic E-state index is 11.8. The quantitative estimate of drug-likeness (QED) is 0.746. The molecular weight excluding hydrogens is 216 g/mol. The van der Waals surface area contributed by atoms with Crippen molar-refractivity contribution < 1.29 is 4.79 Å². The minimum absolute atomic E-state index is 0.0367. The lowest BCUT2D eigenvalue weighted by Crippen LogP contribution is -2.24. The summed E-state index contributed by atoms with van der Waals surface area (Å²) in [6, 6.07) is 1.88. The van der Waals surface area contributed by atoms with E-state index in [1.807, 2.05) is 19.9 Å². The number of hydrogen-bond donors (Lipinski definition) is 1. The Balaban J connectivity index is 2.50. The number of aromatic nitrogens is 2. The van der Waals surface area contributed by atoms with E-state index >= 15 is 0 Å². The molecule has 1 aliphatic rings. The zero-order valence-electron chi connectivity index (χ0n) is 10.9. The molecular formula is C12H18N4O. The molecule has 2 heterocycles. The van der Waals surface area contributed by atoms with E-state index in [1.165, 1.54) is 4.79 Å². The highest BCUT2D eigenvalue weighted by atomic mass is 16.2. The monoisotopic (exact) mass is 234 g/mol. The number of rotatable bonds is 0. The van der Waals surface area contributed by atoms with E-state index in [9.17, 15) is 4.79 Å². The molecule has 2 rings (SSSR count). The Morgan fingerprint density at radius 1 is 1.41 bits per heavy atom. The highest BCUT2D eigenvalue weighted by Gasteiger charge is 2.25. The van der Waals surface area contributed by atoms with Crippen LogP contribution in [0.3, 0.4) is 0 Å². The third-order valence-electron chi connectivity index (χ3n) is 2.98. The van der Waals surface area contributed by atoms with E-state index in [0.29, 0.717) is 5.82 Å². The lowest BCUT2D eigenvalue weighted by molar-refractivity contribution is -0.117. The van der Waals surface area contributed by atoms with Gasteiger partial charge in [-0.2, -0.15) is 10.2 Å². The van der Waals surface area contributed by atoms with Crippen LogP contribution >= 0.6 is 0 Å². The molecule has 0 radical (unpaired) electrons. The van der Waals surface area contributed by atoms with Crippen LogP contribution in [-0.4, -0.2) is 21.5 Å². The van der Waals surface area contributed by atoms with Crippen LogP contribution in [0.4, 0.5) is 5.82 Å². The molecule has 0 aromatic carbocycles. The van der Waals surface area contributed by atoms with Crippen LogP contribution in [-0.2, 0) is 10.2 Å². The summed E-state index contributed by atoms with van der Waals surface area (Å²) in [5.41, 5.74) is 1.63. The largest absolute Gasteiger partial charge is 0.309 e. The molecule has 0 fully saturated rings. The average molecular weight is 234 g/mol. The molecule has 92 valence electrons. The standard InChI is InChI=1S/C12H18N4O/c1-7-8(2)14-16-10(13-11(7)17)6-9(15-16)12(3,4)5/h6-7H,1-5H3,(H,13,17). The van der Waals surface area contributed by atoms with Crippen molar-refractivity contribution in [2.75, 3.05) is 5.32 Å². The fourth-order valence-corrected chi connectivity index (χ4v) is 1.56. The molecule has 0 bridgehead atoms. The van der Waals surface area contributed by atoms with Crippen molar-refractivity contribution in [2.45, 2.75) is 40.0 Å². The molecule has 5 nitrogen and oxygen atoms in total. The first-order valence-corrected chi connectivity index (χ1v) is 5.76. The van der Waals surface area contributed by atoms with Gasteiger partial charge in [-0.05, 0) is 13.8 Å². The van der Waals surface area contributed by atoms with Crippen LogP contribution < -0.4 is 5.32 Å². The van der Waals surface area contributed by atoms with E-state index in [2.05, 4.69) is 36.3 Å². The zero-order chi connectivity index (χ0) is 12.8. The van der Waals surface area contributed by atoms with E-state index in [0.717, 1.165) is 11.4 Å². The second kappa shape index (κ2) is 3.68. The number of carbonyl (C=O) groups is 1. The SMILES string of the molecule is CC1=Nn2nc(C(C)(C)C)cc2NC(=O)C1C. The molecule has 0 aliphatic carbocycles. The lowest BCUT2D eigenvalue weighted by atomic mass is 9.92. The highest BCUT2D eigenvalue weighted by molar-refractivity contribution is 6.08. The van der Waals surface area contributed by atoms with Crippen LogP contribution in [0.1, 0.15) is 40.3 Å². The summed E-state index contributed by atoms with van der Waals surface area (Å²) >= 11 is 0. The van der Waals surface area contributed by atoms with Gasteiger partial charge in [0.2, 0.25) is 5.91 Å². The van der Waals surface area contributed by atoms with Gasteiger partial charge in [0, 0.05) is 17.2 Å². The summed E-state index contributed by atoms with van der Waals surface area (Å²) in [6.07, 6.45) is 0. The van der Waals surface area contributed by atoms with Gasteiger partial charge < -0.3 is 5.32 Å². The summed E-state index contributed by atoms with van der Waals surface area (Å²) < 4.78 is 0. The fourth-order valence-electron chi connectivity index (χ4n) is 1.56. The predicted molar refractivity (Wildman–Crippen MR) is 67.2 cm³/mol. The number of fused-ring (bicyclic) bond motifs is 1. The molecule has 1 aliphatic heterocycles. The normalized spacial score (nSPS) is 20.4. The summed E-state index contributed by atoms with van der Waals surface area (Å²) in [4.78, 5) is 13.3. The third-order valence-corrected chi connectivity index (χ3v) is 2.98. The second-order valence-corrected chi connectivity index (χ2v) is 5.51. The van der Waals surface area contributed by atoms with Crippen molar-refractivity contribution in [1.29, 1.82) is 0 Å². The van der Waals surface area contributed by atoms with Gasteiger partial charge in [-0.3, -0.25) is 4.79 Å². The van der Waals surface area contributed by atoms with Crippen molar-refractivity contribution in [3.05, 3.63) is 11.8 Å². The predicted octanol–water partition coefficient (Wildman–Crippen LogP) is 1.99. The first-order chi connectivity index (χ1) is 7.79. The number of hydrogen-bond acceptors (Lipinski definition) is 3. The van der Waals surface area contributed by atoms with Crippen LogP contribution in [0, 0.1) is 5.92 Å². The molecule has 1 atom stereocenters. The Hall–Kier alpha value is -1.65. The van der Waals surface area contributed by atoms with Crippen LogP contribution in [0.25, 0.3) is 0 Å². The Morgan fingerprint density at radius 3 is 2.65 bits per heavy atom. The van der Waals surface area contributed by atoms with Gasteiger partial charge >= 0.3 is 0 Å². The van der Waals surface area contributed by atoms with Crippen molar-refractivity contribution in [2.24, 2.45) is 11.0 Å². The number of nitrogens with zero attached hydrogens (tertiary/aromatic N) is 3. The van der Waals surface area contributed by atoms with E-state index < -0.39 is 0 Å². The molecule has 1 N–H and O–H groups in total. The zero-order valence-corrected chi connectivity index (χ0v) is 10.9. The van der Waals surface area contributed by atoms with E-state index in [-0.39, 0.29) is 17.2 Å². The van der Waals surface area contributed by atoms with Gasteiger partial charge in [-0.25, -0.2) is 0 Å². The topological polar surface area (TPSA) is 59.3 Å². The van der Waals surface area contributed by atoms with Crippen molar-refractivity contribution in [3.8, 4) is 0 Å². The minimum Gasteiger partial charge on any atom is -0.309 e. The van der Waals surface area contributed by atoms with Crippen molar-refractivity contribution in [1.82, 2.24) is 9.89 Å². The van der Waals surface area contributed by atoms with Gasteiger partial charge in [0.05, 0.1) is 11.6 Å². The number of carbonyl (C=O) groups excluding carboxylic acids is 1. The Kier molecular flexibility index (Phi) is 2.56. The molecule has 0 saturated carbocycles. The van der Waals surface area contributed by atoms with E-state index in [4.69, 9.17) is 0 Å². The molecule has 0 spiro atoms. The number of nitrogens with one attached hydrogen (secondary N) is 1. The highest BCUT2D eigenvalue weighted by Crippen LogP contribution is 2.25. The lowest BCUT2D eigenvalue weighted by Gasteiger charge is -2.14. The molecule has 17 heavy (non-hydrogen) atoms. The Labute approximate surface area is 101 Å². The maximum Gasteiger partial charge on any atom is 0.234 e. The molecule has 0 saturated heterocycles. The van der Waals surface area contributed by atoms with Crippen LogP contribution in [0.2, 0.25) is 0 Å². The molecule has 5 heteroatoms. The van der Waals surface area contributed by atoms with Gasteiger partial charge in [-0.15, -0.1) is 4.79 Å². The van der Waals surface area contributed by atoms with Crippen LogP contribution in [0.15, 0.2) is 11.2 Å². The Morgan fingerprint density at radius 2 is 2.06 bits per heavy atom. The Bertz CT molecular complexity index is 493. The second-order valence-electron chi connectivity index (χ2n) is 5.51. The first kappa shape index (κ1) is 11.8. The maximum absolute atomic E-state index is 11.8. The molecule has 1 aromatic heterocycles. The summed E-state index contributed by atoms with van der Waals surface area (Å²) in [5.74, 6) is 0.392. The van der Waals surface area contributed by atoms with Crippen LogP contribution in [0.5, 0.6) is 0 Å². The summed E-state index contributed by atoms with van der Waals surface area (Å²) in [7, 11) is 0.